The molecule has 6 heteroatoms. The highest BCUT2D eigenvalue weighted by atomic mass is 35.5. The minimum Gasteiger partial charge on any atom is -0.272 e. The second-order valence-electron chi connectivity index (χ2n) is 5.39. The molecule has 2 rings (SSSR count). The van der Waals surface area contributed by atoms with Crippen molar-refractivity contribution in [2.45, 2.75) is 26.2 Å². The highest BCUT2D eigenvalue weighted by Crippen LogP contribution is 2.29. The number of halogens is 1. The Hall–Kier alpha value is -0.550. The number of aromatic nitrogens is 2. The summed E-state index contributed by atoms with van der Waals surface area (Å²) in [7, 11) is -0.898. The number of alkyl halides is 1. The van der Waals surface area contributed by atoms with Gasteiger partial charge in [-0.05, 0) is 37.2 Å². The van der Waals surface area contributed by atoms with Crippen LogP contribution in [0.1, 0.15) is 24.7 Å². The second kappa shape index (κ2) is 5.83. The van der Waals surface area contributed by atoms with E-state index in [0.29, 0.717) is 17.4 Å². The lowest BCUT2D eigenvalue weighted by Gasteiger charge is -2.19. The summed E-state index contributed by atoms with van der Waals surface area (Å²) in [5.74, 6) is 1.54. The second-order valence-corrected chi connectivity index (χ2v) is 7.92. The zero-order valence-electron chi connectivity index (χ0n) is 11.5. The summed E-state index contributed by atoms with van der Waals surface area (Å²) in [5, 5.41) is 4.43. The van der Waals surface area contributed by atoms with Crippen molar-refractivity contribution in [3.63, 3.8) is 0 Å². The molecule has 0 N–H and O–H groups in total. The Morgan fingerprint density at radius 1 is 1.58 bits per heavy atom. The average molecular weight is 305 g/mol. The molecular weight excluding hydrogens is 284 g/mol. The van der Waals surface area contributed by atoms with E-state index in [9.17, 15) is 8.42 Å². The first-order valence-electron chi connectivity index (χ1n) is 6.73. The molecule has 2 atom stereocenters. The van der Waals surface area contributed by atoms with E-state index in [0.717, 1.165) is 30.7 Å². The van der Waals surface area contributed by atoms with Crippen LogP contribution in [-0.4, -0.2) is 35.6 Å². The van der Waals surface area contributed by atoms with Gasteiger partial charge in [-0.2, -0.15) is 5.10 Å². The van der Waals surface area contributed by atoms with Gasteiger partial charge in [0.1, 0.15) is 0 Å². The molecule has 1 aliphatic rings. The number of nitrogens with zero attached hydrogens (tertiary/aromatic N) is 2. The topological polar surface area (TPSA) is 52.0 Å². The Morgan fingerprint density at radius 2 is 2.32 bits per heavy atom. The van der Waals surface area contributed by atoms with Crippen LogP contribution in [0.4, 0.5) is 0 Å². The van der Waals surface area contributed by atoms with Gasteiger partial charge < -0.3 is 0 Å². The third-order valence-electron chi connectivity index (χ3n) is 3.99. The Morgan fingerprint density at radius 3 is 2.79 bits per heavy atom. The molecular formula is C13H21ClN2O2S. The van der Waals surface area contributed by atoms with Crippen molar-refractivity contribution in [2.75, 3.05) is 17.4 Å². The zero-order valence-corrected chi connectivity index (χ0v) is 13.0. The standard InChI is InChI=1S/C13H21ClN2O2S/c1-3-12-7-13(16(2)15-12)6-11(8-14)10-4-5-19(17,18)9-10/h7,10-11H,3-6,8-9H2,1-2H3. The maximum absolute atomic E-state index is 11.6. The van der Waals surface area contributed by atoms with Gasteiger partial charge in [-0.1, -0.05) is 6.92 Å². The highest BCUT2D eigenvalue weighted by Gasteiger charge is 2.33. The van der Waals surface area contributed by atoms with Gasteiger partial charge in [-0.3, -0.25) is 4.68 Å². The lowest BCUT2D eigenvalue weighted by atomic mass is 9.89. The van der Waals surface area contributed by atoms with Crippen LogP contribution in [0.25, 0.3) is 0 Å². The molecule has 1 aromatic rings. The summed E-state index contributed by atoms with van der Waals surface area (Å²) >= 11 is 6.06. The van der Waals surface area contributed by atoms with Crippen LogP contribution in [0, 0.1) is 11.8 Å². The molecule has 4 nitrogen and oxygen atoms in total. The molecule has 2 unspecified atom stereocenters. The molecule has 0 bridgehead atoms. The average Bonchev–Trinajstić information content (AvgIpc) is 2.89. The van der Waals surface area contributed by atoms with Crippen molar-refractivity contribution in [1.29, 1.82) is 0 Å². The molecule has 0 radical (unpaired) electrons. The molecule has 0 spiro atoms. The summed E-state index contributed by atoms with van der Waals surface area (Å²) in [6.07, 6.45) is 2.47. The first kappa shape index (κ1) is 14.9. The van der Waals surface area contributed by atoms with Gasteiger partial charge in [0.2, 0.25) is 0 Å². The lowest BCUT2D eigenvalue weighted by Crippen LogP contribution is -2.21. The molecule has 0 aromatic carbocycles. The zero-order chi connectivity index (χ0) is 14.0. The smallest absolute Gasteiger partial charge is 0.150 e. The number of hydrogen-bond donors (Lipinski definition) is 0. The van der Waals surface area contributed by atoms with Gasteiger partial charge in [-0.15, -0.1) is 11.6 Å². The Balaban J connectivity index is 2.09. The Bertz CT molecular complexity index is 539. The summed E-state index contributed by atoms with van der Waals surface area (Å²) in [5.41, 5.74) is 2.22. The largest absolute Gasteiger partial charge is 0.272 e. The first-order valence-corrected chi connectivity index (χ1v) is 9.09. The van der Waals surface area contributed by atoms with E-state index >= 15 is 0 Å². The third kappa shape index (κ3) is 3.51. The van der Waals surface area contributed by atoms with Gasteiger partial charge in [0.25, 0.3) is 0 Å². The molecule has 0 saturated carbocycles. The predicted molar refractivity (Wildman–Crippen MR) is 77.3 cm³/mol. The lowest BCUT2D eigenvalue weighted by molar-refractivity contribution is 0.389. The minimum absolute atomic E-state index is 0.197. The van der Waals surface area contributed by atoms with Crippen LogP contribution in [0.15, 0.2) is 6.07 Å². The van der Waals surface area contributed by atoms with Crippen molar-refractivity contribution in [3.8, 4) is 0 Å². The van der Waals surface area contributed by atoms with Crippen molar-refractivity contribution in [1.82, 2.24) is 9.78 Å². The van der Waals surface area contributed by atoms with Crippen LogP contribution in [-0.2, 0) is 29.7 Å². The minimum atomic E-state index is -2.83. The van der Waals surface area contributed by atoms with Crippen molar-refractivity contribution >= 4 is 21.4 Å². The molecule has 1 aliphatic heterocycles. The van der Waals surface area contributed by atoms with E-state index in [4.69, 9.17) is 11.6 Å². The van der Waals surface area contributed by atoms with Gasteiger partial charge in [-0.25, -0.2) is 8.42 Å². The summed E-state index contributed by atoms with van der Waals surface area (Å²) < 4.78 is 25.0. The molecule has 0 amide bonds. The molecule has 1 aromatic heterocycles. The Kier molecular flexibility index (Phi) is 4.56. The maximum Gasteiger partial charge on any atom is 0.150 e. The predicted octanol–water partition coefficient (Wildman–Crippen LogP) is 1.81. The fourth-order valence-corrected chi connectivity index (χ4v) is 5.03. The van der Waals surface area contributed by atoms with Gasteiger partial charge in [0, 0.05) is 18.6 Å². The number of rotatable bonds is 5. The van der Waals surface area contributed by atoms with Crippen molar-refractivity contribution < 1.29 is 8.42 Å². The van der Waals surface area contributed by atoms with Crippen LogP contribution in [0.2, 0.25) is 0 Å². The molecule has 1 fully saturated rings. The molecule has 108 valence electrons. The van der Waals surface area contributed by atoms with Crippen molar-refractivity contribution in [3.05, 3.63) is 17.5 Å². The van der Waals surface area contributed by atoms with E-state index in [1.54, 1.807) is 0 Å². The third-order valence-corrected chi connectivity index (χ3v) is 6.18. The van der Waals surface area contributed by atoms with Gasteiger partial charge >= 0.3 is 0 Å². The van der Waals surface area contributed by atoms with Crippen LogP contribution >= 0.6 is 11.6 Å². The SMILES string of the molecule is CCc1cc(CC(CCl)C2CCS(=O)(=O)C2)n(C)n1. The summed E-state index contributed by atoms with van der Waals surface area (Å²) in [6.45, 7) is 2.08. The van der Waals surface area contributed by atoms with Crippen LogP contribution < -0.4 is 0 Å². The van der Waals surface area contributed by atoms with E-state index in [1.165, 1.54) is 0 Å². The van der Waals surface area contributed by atoms with E-state index < -0.39 is 9.84 Å². The normalized spacial score (nSPS) is 23.6. The number of hydrogen-bond acceptors (Lipinski definition) is 3. The highest BCUT2D eigenvalue weighted by molar-refractivity contribution is 7.91. The fraction of sp³-hybridized carbons (Fsp3) is 0.769. The quantitative estimate of drug-likeness (QED) is 0.780. The summed E-state index contributed by atoms with van der Waals surface area (Å²) in [4.78, 5) is 0. The number of sulfone groups is 1. The maximum atomic E-state index is 11.6. The van der Waals surface area contributed by atoms with E-state index in [1.807, 2.05) is 11.7 Å². The van der Waals surface area contributed by atoms with Crippen LogP contribution in [0.5, 0.6) is 0 Å². The molecule has 2 heterocycles. The first-order chi connectivity index (χ1) is 8.95. The van der Waals surface area contributed by atoms with Gasteiger partial charge in [0.15, 0.2) is 9.84 Å². The molecule has 1 saturated heterocycles. The van der Waals surface area contributed by atoms with E-state index in [-0.39, 0.29) is 11.8 Å². The number of aryl methyl sites for hydroxylation is 2. The molecule has 0 aliphatic carbocycles. The summed E-state index contributed by atoms with van der Waals surface area (Å²) in [6, 6.07) is 2.10. The molecule has 19 heavy (non-hydrogen) atoms. The van der Waals surface area contributed by atoms with Crippen molar-refractivity contribution in [2.24, 2.45) is 18.9 Å². The van der Waals surface area contributed by atoms with Crippen LogP contribution in [0.3, 0.4) is 0 Å². The Labute approximate surface area is 120 Å². The monoisotopic (exact) mass is 304 g/mol. The van der Waals surface area contributed by atoms with Gasteiger partial charge in [0.05, 0.1) is 17.2 Å². The fourth-order valence-electron chi connectivity index (χ4n) is 2.75. The van der Waals surface area contributed by atoms with E-state index in [2.05, 4.69) is 18.1 Å².